The number of carbonyl (C=O) groups is 3. The van der Waals surface area contributed by atoms with Gasteiger partial charge in [0.05, 0.1) is 18.6 Å². The van der Waals surface area contributed by atoms with Gasteiger partial charge in [-0.25, -0.2) is 13.1 Å². The minimum Gasteiger partial charge on any atom is -0.496 e. The fraction of sp³-hybridized carbons (Fsp3) is 0.324. The van der Waals surface area contributed by atoms with Gasteiger partial charge in [-0.1, -0.05) is 36.4 Å². The average Bonchev–Trinajstić information content (AvgIpc) is 3.34. The first-order valence-electron chi connectivity index (χ1n) is 14.6. The zero-order valence-corrected chi connectivity index (χ0v) is 27.4. The standard InChI is InChI=1S/C34H40N4O6S/c1-23-9-7-8-10-31(23)45(42,43)35-34(41)25-13-14-27(30(20-25)44-6)22-38-21-26(15-18-33(40)37(4)5)28-16-11-24(19-29(28)38)12-17-32(39)36(2)3/h7-11,13-14,16,19-21H,12,15,17-18,22H2,1-6H3,(H,35,41). The number of methoxy groups -OCH3 is 1. The molecule has 11 heteroatoms. The molecule has 1 N–H and O–H groups in total. The summed E-state index contributed by atoms with van der Waals surface area (Å²) in [5, 5.41) is 1.01. The molecule has 0 saturated carbocycles. The van der Waals surface area contributed by atoms with Gasteiger partial charge in [-0.15, -0.1) is 0 Å². The number of benzene rings is 3. The molecular formula is C34H40N4O6S. The number of sulfonamides is 1. The summed E-state index contributed by atoms with van der Waals surface area (Å²) in [7, 11) is 4.38. The Balaban J connectivity index is 1.64. The summed E-state index contributed by atoms with van der Waals surface area (Å²) in [6, 6.07) is 17.4. The number of carbonyl (C=O) groups excluding carboxylic acids is 3. The zero-order chi connectivity index (χ0) is 32.9. The molecule has 1 aromatic heterocycles. The molecule has 0 bridgehead atoms. The highest BCUT2D eigenvalue weighted by atomic mass is 32.2. The van der Waals surface area contributed by atoms with Gasteiger partial charge in [0.1, 0.15) is 5.75 Å². The van der Waals surface area contributed by atoms with E-state index in [1.807, 2.05) is 18.3 Å². The van der Waals surface area contributed by atoms with Gasteiger partial charge in [-0.2, -0.15) is 0 Å². The maximum absolute atomic E-state index is 13.0. The molecule has 3 aromatic carbocycles. The molecule has 238 valence electrons. The van der Waals surface area contributed by atoms with Crippen molar-refractivity contribution in [2.24, 2.45) is 0 Å². The highest BCUT2D eigenvalue weighted by molar-refractivity contribution is 7.90. The van der Waals surface area contributed by atoms with Gasteiger partial charge in [-0.05, 0) is 60.7 Å². The zero-order valence-electron chi connectivity index (χ0n) is 26.6. The second-order valence-corrected chi connectivity index (χ2v) is 13.1. The second-order valence-electron chi connectivity index (χ2n) is 11.4. The molecule has 0 aliphatic rings. The van der Waals surface area contributed by atoms with Gasteiger partial charge in [-0.3, -0.25) is 14.4 Å². The van der Waals surface area contributed by atoms with Crippen molar-refractivity contribution in [1.29, 1.82) is 0 Å². The monoisotopic (exact) mass is 632 g/mol. The Morgan fingerprint density at radius 2 is 1.51 bits per heavy atom. The lowest BCUT2D eigenvalue weighted by Gasteiger charge is -2.14. The van der Waals surface area contributed by atoms with Crippen LogP contribution >= 0.6 is 0 Å². The first kappa shape index (κ1) is 33.3. The topological polar surface area (TPSA) is 118 Å². The summed E-state index contributed by atoms with van der Waals surface area (Å²) in [5.74, 6) is -0.252. The lowest BCUT2D eigenvalue weighted by atomic mass is 10.0. The number of hydrogen-bond donors (Lipinski definition) is 1. The van der Waals surface area contributed by atoms with E-state index in [1.165, 1.54) is 19.2 Å². The van der Waals surface area contributed by atoms with Crippen LogP contribution in [0, 0.1) is 6.92 Å². The van der Waals surface area contributed by atoms with Crippen molar-refractivity contribution in [2.75, 3.05) is 35.3 Å². The molecule has 3 amide bonds. The minimum absolute atomic E-state index is 0.0368. The number of ether oxygens (including phenoxy) is 1. The number of nitrogens with one attached hydrogen (secondary N) is 1. The number of aromatic nitrogens is 1. The minimum atomic E-state index is -4.07. The molecule has 10 nitrogen and oxygen atoms in total. The van der Waals surface area contributed by atoms with Gasteiger partial charge < -0.3 is 19.1 Å². The Hall–Kier alpha value is -4.64. The van der Waals surface area contributed by atoms with E-state index in [-0.39, 0.29) is 22.3 Å². The van der Waals surface area contributed by atoms with Crippen molar-refractivity contribution >= 4 is 38.6 Å². The summed E-state index contributed by atoms with van der Waals surface area (Å²) < 4.78 is 35.7. The molecule has 0 unspecified atom stereocenters. The van der Waals surface area contributed by atoms with Crippen LogP contribution in [0.4, 0.5) is 0 Å². The summed E-state index contributed by atoms with van der Waals surface area (Å²) in [5.41, 5.74) is 4.43. The SMILES string of the molecule is COc1cc(C(=O)NS(=O)(=O)c2ccccc2C)ccc1Cn1cc(CCC(=O)N(C)C)c2ccc(CCC(=O)N(C)C)cc21. The van der Waals surface area contributed by atoms with Crippen molar-refractivity contribution in [1.82, 2.24) is 19.1 Å². The summed E-state index contributed by atoms with van der Waals surface area (Å²) in [6.45, 7) is 2.06. The fourth-order valence-electron chi connectivity index (χ4n) is 5.13. The number of rotatable bonds is 12. The molecule has 0 fully saturated rings. The van der Waals surface area contributed by atoms with Crippen molar-refractivity contribution in [3.63, 3.8) is 0 Å². The van der Waals surface area contributed by atoms with Crippen molar-refractivity contribution in [3.8, 4) is 5.75 Å². The number of hydrogen-bond acceptors (Lipinski definition) is 6. The van der Waals surface area contributed by atoms with E-state index in [0.717, 1.165) is 27.6 Å². The van der Waals surface area contributed by atoms with E-state index in [0.29, 0.717) is 43.5 Å². The Morgan fingerprint density at radius 3 is 2.16 bits per heavy atom. The van der Waals surface area contributed by atoms with Gasteiger partial charge in [0.25, 0.3) is 15.9 Å². The molecule has 0 aliphatic carbocycles. The third kappa shape index (κ3) is 7.91. The van der Waals surface area contributed by atoms with Gasteiger partial charge in [0.15, 0.2) is 0 Å². The van der Waals surface area contributed by atoms with Crippen LogP contribution in [0.2, 0.25) is 0 Å². The first-order valence-corrected chi connectivity index (χ1v) is 16.1. The maximum atomic E-state index is 13.0. The number of aryl methyl sites for hydroxylation is 3. The van der Waals surface area contributed by atoms with E-state index in [4.69, 9.17) is 4.74 Å². The van der Waals surface area contributed by atoms with Gasteiger partial charge >= 0.3 is 0 Å². The number of nitrogens with zero attached hydrogens (tertiary/aromatic N) is 3. The summed E-state index contributed by atoms with van der Waals surface area (Å²) in [6.07, 6.45) is 3.93. The van der Waals surface area contributed by atoms with Gasteiger partial charge in [0.2, 0.25) is 11.8 Å². The van der Waals surface area contributed by atoms with Crippen molar-refractivity contribution in [3.05, 3.63) is 94.7 Å². The molecule has 0 radical (unpaired) electrons. The van der Waals surface area contributed by atoms with Crippen LogP contribution in [0.1, 0.15) is 45.5 Å². The van der Waals surface area contributed by atoms with Crippen LogP contribution in [0.15, 0.2) is 71.8 Å². The molecule has 45 heavy (non-hydrogen) atoms. The lowest BCUT2D eigenvalue weighted by Crippen LogP contribution is -2.31. The van der Waals surface area contributed by atoms with E-state index < -0.39 is 15.9 Å². The molecule has 0 aliphatic heterocycles. The second kappa shape index (κ2) is 14.0. The molecule has 0 saturated heterocycles. The quantitative estimate of drug-likeness (QED) is 0.251. The fourth-order valence-corrected chi connectivity index (χ4v) is 6.35. The normalized spacial score (nSPS) is 11.3. The van der Waals surface area contributed by atoms with Crippen LogP contribution < -0.4 is 9.46 Å². The Labute approximate surface area is 264 Å². The Bertz CT molecular complexity index is 1840. The highest BCUT2D eigenvalue weighted by Crippen LogP contribution is 2.29. The largest absolute Gasteiger partial charge is 0.496 e. The molecule has 4 aromatic rings. The van der Waals surface area contributed by atoms with Crippen LogP contribution in [-0.4, -0.2) is 75.8 Å². The van der Waals surface area contributed by atoms with E-state index in [2.05, 4.69) is 15.4 Å². The predicted molar refractivity (Wildman–Crippen MR) is 174 cm³/mol. The van der Waals surface area contributed by atoms with Crippen LogP contribution in [0.25, 0.3) is 10.9 Å². The predicted octanol–water partition coefficient (Wildman–Crippen LogP) is 4.17. The van der Waals surface area contributed by atoms with E-state index in [9.17, 15) is 22.8 Å². The van der Waals surface area contributed by atoms with E-state index >= 15 is 0 Å². The average molecular weight is 633 g/mol. The summed E-state index contributed by atoms with van der Waals surface area (Å²) >= 11 is 0. The van der Waals surface area contributed by atoms with Crippen LogP contribution in [0.5, 0.6) is 5.75 Å². The Morgan fingerprint density at radius 1 is 0.844 bits per heavy atom. The maximum Gasteiger partial charge on any atom is 0.265 e. The number of amides is 3. The van der Waals surface area contributed by atoms with Crippen LogP contribution in [0.3, 0.4) is 0 Å². The molecule has 4 rings (SSSR count). The third-order valence-electron chi connectivity index (χ3n) is 7.76. The van der Waals surface area contributed by atoms with Crippen molar-refractivity contribution in [2.45, 2.75) is 44.0 Å². The number of fused-ring (bicyclic) bond motifs is 1. The van der Waals surface area contributed by atoms with Crippen molar-refractivity contribution < 1.29 is 27.5 Å². The third-order valence-corrected chi connectivity index (χ3v) is 9.25. The lowest BCUT2D eigenvalue weighted by molar-refractivity contribution is -0.129. The smallest absolute Gasteiger partial charge is 0.265 e. The van der Waals surface area contributed by atoms with Gasteiger partial charge in [0, 0.05) is 69.3 Å². The molecular weight excluding hydrogens is 592 g/mol. The molecule has 0 spiro atoms. The first-order chi connectivity index (χ1) is 21.3. The highest BCUT2D eigenvalue weighted by Gasteiger charge is 2.22. The molecule has 1 heterocycles. The summed E-state index contributed by atoms with van der Waals surface area (Å²) in [4.78, 5) is 40.8. The molecule has 0 atom stereocenters. The Kier molecular flexibility index (Phi) is 10.3. The van der Waals surface area contributed by atoms with Crippen LogP contribution in [-0.2, 0) is 39.0 Å². The van der Waals surface area contributed by atoms with E-state index in [1.54, 1.807) is 75.2 Å².